The number of hydrogen-bond donors (Lipinski definition) is 2. The molecule has 0 amide bonds. The Labute approximate surface area is 84.5 Å². The van der Waals surface area contributed by atoms with Gasteiger partial charge in [-0.15, -0.1) is 0 Å². The van der Waals surface area contributed by atoms with Gasteiger partial charge in [0.25, 0.3) is 0 Å². The number of anilines is 1. The molecule has 4 nitrogen and oxygen atoms in total. The fourth-order valence-electron chi connectivity index (χ4n) is 2.05. The summed E-state index contributed by atoms with van der Waals surface area (Å²) < 4.78 is 1.97. The van der Waals surface area contributed by atoms with Crippen LogP contribution in [0.15, 0.2) is 12.4 Å². The van der Waals surface area contributed by atoms with E-state index in [1.807, 2.05) is 17.8 Å². The van der Waals surface area contributed by atoms with Gasteiger partial charge in [0.1, 0.15) is 0 Å². The van der Waals surface area contributed by atoms with Crippen molar-refractivity contribution in [2.75, 3.05) is 11.9 Å². The third-order valence-electron chi connectivity index (χ3n) is 3.02. The van der Waals surface area contributed by atoms with Crippen LogP contribution in [0.2, 0.25) is 0 Å². The van der Waals surface area contributed by atoms with Crippen LogP contribution in [0, 0.1) is 0 Å². The van der Waals surface area contributed by atoms with Gasteiger partial charge in [0.2, 0.25) is 5.95 Å². The van der Waals surface area contributed by atoms with Crippen LogP contribution in [0.4, 0.5) is 5.95 Å². The summed E-state index contributed by atoms with van der Waals surface area (Å²) in [6.45, 7) is 0.831. The molecule has 1 heterocycles. The number of nitrogens with zero attached hydrogens (tertiary/aromatic N) is 2. The predicted octanol–water partition coefficient (Wildman–Crippen LogP) is 1.10. The quantitative estimate of drug-likeness (QED) is 0.757. The highest BCUT2D eigenvalue weighted by Crippen LogP contribution is 2.27. The van der Waals surface area contributed by atoms with E-state index in [0.717, 1.165) is 25.3 Å². The Morgan fingerprint density at radius 3 is 2.86 bits per heavy atom. The number of nitrogens with one attached hydrogen (secondary N) is 1. The maximum atomic E-state index is 6.23. The number of aromatic nitrogens is 2. The minimum atomic E-state index is -0.00799. The van der Waals surface area contributed by atoms with Gasteiger partial charge in [0.05, 0.1) is 0 Å². The van der Waals surface area contributed by atoms with Gasteiger partial charge in [-0.05, 0) is 12.8 Å². The Hall–Kier alpha value is -1.03. The third-order valence-corrected chi connectivity index (χ3v) is 3.02. The van der Waals surface area contributed by atoms with Crippen LogP contribution in [-0.4, -0.2) is 21.6 Å². The Bertz CT molecular complexity index is 299. The molecule has 0 bridgehead atoms. The molecule has 0 radical (unpaired) electrons. The lowest BCUT2D eigenvalue weighted by Gasteiger charge is -2.23. The molecule has 2 rings (SSSR count). The van der Waals surface area contributed by atoms with Gasteiger partial charge in [-0.3, -0.25) is 0 Å². The molecule has 0 aromatic carbocycles. The number of aryl methyl sites for hydroxylation is 1. The average Bonchev–Trinajstić information content (AvgIpc) is 2.73. The van der Waals surface area contributed by atoms with E-state index >= 15 is 0 Å². The molecule has 78 valence electrons. The van der Waals surface area contributed by atoms with Crippen molar-refractivity contribution in [3.63, 3.8) is 0 Å². The van der Waals surface area contributed by atoms with Gasteiger partial charge in [-0.25, -0.2) is 4.98 Å². The molecule has 0 aliphatic heterocycles. The Morgan fingerprint density at radius 1 is 1.57 bits per heavy atom. The van der Waals surface area contributed by atoms with Gasteiger partial charge < -0.3 is 15.6 Å². The van der Waals surface area contributed by atoms with Crippen LogP contribution in [0.25, 0.3) is 0 Å². The first-order valence-electron chi connectivity index (χ1n) is 5.20. The van der Waals surface area contributed by atoms with Crippen molar-refractivity contribution in [1.29, 1.82) is 0 Å². The van der Waals surface area contributed by atoms with Crippen LogP contribution >= 0.6 is 0 Å². The van der Waals surface area contributed by atoms with E-state index in [4.69, 9.17) is 5.73 Å². The summed E-state index contributed by atoms with van der Waals surface area (Å²) in [6, 6.07) is 0. The highest BCUT2D eigenvalue weighted by atomic mass is 15.2. The minimum absolute atomic E-state index is 0.00799. The van der Waals surface area contributed by atoms with Crippen molar-refractivity contribution >= 4 is 5.95 Å². The lowest BCUT2D eigenvalue weighted by Crippen LogP contribution is -2.43. The van der Waals surface area contributed by atoms with Crippen LogP contribution in [0.1, 0.15) is 25.7 Å². The maximum absolute atomic E-state index is 6.23. The molecule has 0 unspecified atom stereocenters. The zero-order valence-electron chi connectivity index (χ0n) is 8.66. The molecule has 0 spiro atoms. The van der Waals surface area contributed by atoms with E-state index in [9.17, 15) is 0 Å². The number of imidazole rings is 1. The van der Waals surface area contributed by atoms with Gasteiger partial charge >= 0.3 is 0 Å². The Morgan fingerprint density at radius 2 is 2.29 bits per heavy atom. The number of nitrogens with two attached hydrogens (primary N) is 1. The summed E-state index contributed by atoms with van der Waals surface area (Å²) in [4.78, 5) is 4.20. The van der Waals surface area contributed by atoms with E-state index in [-0.39, 0.29) is 5.54 Å². The highest BCUT2D eigenvalue weighted by Gasteiger charge is 2.29. The van der Waals surface area contributed by atoms with Crippen molar-refractivity contribution in [2.24, 2.45) is 12.8 Å². The topological polar surface area (TPSA) is 55.9 Å². The molecule has 1 saturated carbocycles. The van der Waals surface area contributed by atoms with Gasteiger partial charge in [0, 0.05) is 31.5 Å². The molecule has 1 aliphatic rings. The second kappa shape index (κ2) is 3.61. The normalized spacial score (nSPS) is 19.9. The molecule has 14 heavy (non-hydrogen) atoms. The van der Waals surface area contributed by atoms with Crippen molar-refractivity contribution in [2.45, 2.75) is 31.2 Å². The zero-order chi connectivity index (χ0) is 10.0. The van der Waals surface area contributed by atoms with Crippen molar-refractivity contribution in [1.82, 2.24) is 9.55 Å². The lowest BCUT2D eigenvalue weighted by molar-refractivity contribution is 0.462. The van der Waals surface area contributed by atoms with Crippen molar-refractivity contribution in [3.8, 4) is 0 Å². The molecule has 1 fully saturated rings. The SMILES string of the molecule is Cn1ccnc1NCC1(N)CCCC1. The fourth-order valence-corrected chi connectivity index (χ4v) is 2.05. The molecule has 1 aliphatic carbocycles. The average molecular weight is 194 g/mol. The first kappa shape index (κ1) is 9.52. The second-order valence-electron chi connectivity index (χ2n) is 4.28. The summed E-state index contributed by atoms with van der Waals surface area (Å²) in [5.41, 5.74) is 6.22. The molecule has 3 N–H and O–H groups in total. The summed E-state index contributed by atoms with van der Waals surface area (Å²) >= 11 is 0. The maximum Gasteiger partial charge on any atom is 0.202 e. The van der Waals surface area contributed by atoms with Crippen LogP contribution in [-0.2, 0) is 7.05 Å². The predicted molar refractivity (Wildman–Crippen MR) is 57.1 cm³/mol. The standard InChI is InChI=1S/C10H18N4/c1-14-7-6-12-9(14)13-8-10(11)4-2-3-5-10/h6-7H,2-5,8,11H2,1H3,(H,12,13). The minimum Gasteiger partial charge on any atom is -0.354 e. The molecule has 0 saturated heterocycles. The molecular formula is C10H18N4. The molecule has 1 aromatic heterocycles. The van der Waals surface area contributed by atoms with E-state index in [2.05, 4.69) is 10.3 Å². The second-order valence-corrected chi connectivity index (χ2v) is 4.28. The largest absolute Gasteiger partial charge is 0.354 e. The first-order chi connectivity index (χ1) is 6.70. The molecular weight excluding hydrogens is 176 g/mol. The Balaban J connectivity index is 1.91. The summed E-state index contributed by atoms with van der Waals surface area (Å²) in [5.74, 6) is 0.904. The molecule has 0 atom stereocenters. The van der Waals surface area contributed by atoms with Crippen molar-refractivity contribution < 1.29 is 0 Å². The fraction of sp³-hybridized carbons (Fsp3) is 0.700. The molecule has 1 aromatic rings. The van der Waals surface area contributed by atoms with Gasteiger partial charge in [-0.1, -0.05) is 12.8 Å². The summed E-state index contributed by atoms with van der Waals surface area (Å²) in [5, 5.41) is 3.30. The molecule has 4 heteroatoms. The Kier molecular flexibility index (Phi) is 2.46. The van der Waals surface area contributed by atoms with E-state index in [1.54, 1.807) is 6.20 Å². The highest BCUT2D eigenvalue weighted by molar-refractivity contribution is 5.26. The first-order valence-corrected chi connectivity index (χ1v) is 5.20. The third kappa shape index (κ3) is 1.90. The van der Waals surface area contributed by atoms with Crippen molar-refractivity contribution in [3.05, 3.63) is 12.4 Å². The van der Waals surface area contributed by atoms with Crippen LogP contribution < -0.4 is 11.1 Å². The van der Waals surface area contributed by atoms with E-state index in [1.165, 1.54) is 12.8 Å². The smallest absolute Gasteiger partial charge is 0.202 e. The van der Waals surface area contributed by atoms with Gasteiger partial charge in [0.15, 0.2) is 0 Å². The number of rotatable bonds is 3. The van der Waals surface area contributed by atoms with E-state index < -0.39 is 0 Å². The summed E-state index contributed by atoms with van der Waals surface area (Å²) in [7, 11) is 1.98. The lowest BCUT2D eigenvalue weighted by atomic mass is 10.00. The number of hydrogen-bond acceptors (Lipinski definition) is 3. The zero-order valence-corrected chi connectivity index (χ0v) is 8.66. The van der Waals surface area contributed by atoms with Crippen LogP contribution in [0.5, 0.6) is 0 Å². The van der Waals surface area contributed by atoms with Gasteiger partial charge in [-0.2, -0.15) is 0 Å². The summed E-state index contributed by atoms with van der Waals surface area (Å²) in [6.07, 6.45) is 8.51. The van der Waals surface area contributed by atoms with Crippen LogP contribution in [0.3, 0.4) is 0 Å². The van der Waals surface area contributed by atoms with E-state index in [0.29, 0.717) is 0 Å². The monoisotopic (exact) mass is 194 g/mol.